The first-order valence-electron chi connectivity index (χ1n) is 9.38. The Hall–Kier alpha value is -2.57. The number of aryl methyl sites for hydroxylation is 1. The summed E-state index contributed by atoms with van der Waals surface area (Å²) >= 11 is 0. The summed E-state index contributed by atoms with van der Waals surface area (Å²) in [5.41, 5.74) is 6.34. The van der Waals surface area contributed by atoms with Crippen LogP contribution >= 0.6 is 0 Å². The summed E-state index contributed by atoms with van der Waals surface area (Å²) in [5.74, 6) is 0.241. The third-order valence-corrected chi connectivity index (χ3v) is 4.14. The summed E-state index contributed by atoms with van der Waals surface area (Å²) < 4.78 is 5.80. The minimum atomic E-state index is -0.399. The first-order chi connectivity index (χ1) is 12.9. The Morgan fingerprint density at radius 1 is 1.15 bits per heavy atom. The van der Waals surface area contributed by atoms with Crippen LogP contribution in [0.5, 0.6) is 5.75 Å². The molecule has 0 bridgehead atoms. The van der Waals surface area contributed by atoms with Crippen LogP contribution < -0.4 is 21.1 Å². The number of benzene rings is 1. The minimum absolute atomic E-state index is 0.0791. The van der Waals surface area contributed by atoms with E-state index in [0.717, 1.165) is 31.4 Å². The van der Waals surface area contributed by atoms with Crippen LogP contribution in [0.1, 0.15) is 51.0 Å². The van der Waals surface area contributed by atoms with E-state index in [1.54, 1.807) is 7.05 Å². The van der Waals surface area contributed by atoms with Gasteiger partial charge in [-0.3, -0.25) is 14.4 Å². The van der Waals surface area contributed by atoms with Crippen molar-refractivity contribution in [1.29, 1.82) is 0 Å². The number of primary amides is 1. The van der Waals surface area contributed by atoms with Crippen molar-refractivity contribution in [3.8, 4) is 5.75 Å². The quantitative estimate of drug-likeness (QED) is 0.454. The van der Waals surface area contributed by atoms with Gasteiger partial charge in [0.1, 0.15) is 12.4 Å². The lowest BCUT2D eigenvalue weighted by Gasteiger charge is -2.18. The molecule has 0 radical (unpaired) electrons. The highest BCUT2D eigenvalue weighted by molar-refractivity contribution is 5.75. The fraction of sp³-hybridized carbons (Fsp3) is 0.550. The molecular formula is C20H31N3O4. The number of nitrogens with two attached hydrogens (primary N) is 1. The molecule has 7 heteroatoms. The van der Waals surface area contributed by atoms with Crippen LogP contribution in [0, 0.1) is 0 Å². The number of unbranched alkanes of at least 4 members (excludes halogenated alkanes) is 2. The van der Waals surface area contributed by atoms with E-state index in [1.807, 2.05) is 24.3 Å². The van der Waals surface area contributed by atoms with E-state index in [0.29, 0.717) is 12.8 Å². The number of nitrogens with one attached hydrogen (secondary N) is 2. The monoisotopic (exact) mass is 377 g/mol. The van der Waals surface area contributed by atoms with Crippen LogP contribution in [0.15, 0.2) is 24.3 Å². The zero-order valence-electron chi connectivity index (χ0n) is 16.3. The highest BCUT2D eigenvalue weighted by atomic mass is 16.5. The van der Waals surface area contributed by atoms with Crippen molar-refractivity contribution in [2.24, 2.45) is 5.73 Å². The predicted octanol–water partition coefficient (Wildman–Crippen LogP) is 1.68. The summed E-state index contributed by atoms with van der Waals surface area (Å²) in [6.45, 7) is 1.71. The fourth-order valence-electron chi connectivity index (χ4n) is 2.71. The average Bonchev–Trinajstić information content (AvgIpc) is 2.63. The van der Waals surface area contributed by atoms with Gasteiger partial charge in [-0.1, -0.05) is 18.6 Å². The molecule has 0 saturated carbocycles. The maximum absolute atomic E-state index is 11.3. The largest absolute Gasteiger partial charge is 0.491 e. The minimum Gasteiger partial charge on any atom is -0.491 e. The van der Waals surface area contributed by atoms with Gasteiger partial charge in [0.05, 0.1) is 6.04 Å². The zero-order chi connectivity index (χ0) is 20.1. The second kappa shape index (κ2) is 12.7. The summed E-state index contributed by atoms with van der Waals surface area (Å²) in [7, 11) is 1.65. The molecule has 0 unspecified atom stereocenters. The van der Waals surface area contributed by atoms with Crippen molar-refractivity contribution in [2.75, 3.05) is 13.7 Å². The number of hydrogen-bond donors (Lipinski definition) is 3. The molecule has 0 aliphatic rings. The van der Waals surface area contributed by atoms with Gasteiger partial charge < -0.3 is 21.1 Å². The average molecular weight is 377 g/mol. The van der Waals surface area contributed by atoms with Gasteiger partial charge in [0.2, 0.25) is 17.7 Å². The van der Waals surface area contributed by atoms with Gasteiger partial charge in [-0.25, -0.2) is 0 Å². The standard InChI is InChI=1S/C20H31N3O4/c1-15(24)23-17(11-12-19(21)25)14-27-18-9-6-8-16(13-18)7-4-3-5-10-20(26)22-2/h6,8-9,13,17H,3-5,7,10-12,14H2,1-2H3,(H2,21,25)(H,22,26)(H,23,24)/t17-/m0/s1. The summed E-state index contributed by atoms with van der Waals surface area (Å²) in [6, 6.07) is 7.57. The first kappa shape index (κ1) is 22.5. The molecule has 27 heavy (non-hydrogen) atoms. The molecule has 0 aromatic heterocycles. The first-order valence-corrected chi connectivity index (χ1v) is 9.38. The number of rotatable bonds is 13. The van der Waals surface area contributed by atoms with Gasteiger partial charge in [-0.05, 0) is 43.4 Å². The maximum Gasteiger partial charge on any atom is 0.219 e. The van der Waals surface area contributed by atoms with Crippen LogP contribution in [0.4, 0.5) is 0 Å². The van der Waals surface area contributed by atoms with E-state index < -0.39 is 5.91 Å². The van der Waals surface area contributed by atoms with E-state index in [-0.39, 0.29) is 30.9 Å². The van der Waals surface area contributed by atoms with Crippen LogP contribution in [0.3, 0.4) is 0 Å². The SMILES string of the molecule is CNC(=O)CCCCCc1cccc(OC[C@H](CCC(N)=O)NC(C)=O)c1. The van der Waals surface area contributed by atoms with E-state index in [9.17, 15) is 14.4 Å². The van der Waals surface area contributed by atoms with Gasteiger partial charge in [0, 0.05) is 26.8 Å². The molecule has 0 aliphatic carbocycles. The Morgan fingerprint density at radius 3 is 2.59 bits per heavy atom. The lowest BCUT2D eigenvalue weighted by Crippen LogP contribution is -2.38. The Morgan fingerprint density at radius 2 is 1.93 bits per heavy atom. The molecular weight excluding hydrogens is 346 g/mol. The molecule has 1 rings (SSSR count). The third-order valence-electron chi connectivity index (χ3n) is 4.14. The molecule has 7 nitrogen and oxygen atoms in total. The Bertz CT molecular complexity index is 619. The van der Waals surface area contributed by atoms with Crippen molar-refractivity contribution in [1.82, 2.24) is 10.6 Å². The van der Waals surface area contributed by atoms with E-state index in [4.69, 9.17) is 10.5 Å². The van der Waals surface area contributed by atoms with Crippen molar-refractivity contribution >= 4 is 17.7 Å². The third kappa shape index (κ3) is 10.9. The van der Waals surface area contributed by atoms with E-state index in [1.165, 1.54) is 12.5 Å². The molecule has 0 spiro atoms. The van der Waals surface area contributed by atoms with Gasteiger partial charge in [-0.15, -0.1) is 0 Å². The number of carbonyl (C=O) groups is 3. The number of ether oxygens (including phenoxy) is 1. The highest BCUT2D eigenvalue weighted by Gasteiger charge is 2.12. The molecule has 0 heterocycles. The molecule has 150 valence electrons. The lowest BCUT2D eigenvalue weighted by atomic mass is 10.1. The second-order valence-electron chi connectivity index (χ2n) is 6.59. The number of hydrogen-bond acceptors (Lipinski definition) is 4. The summed E-state index contributed by atoms with van der Waals surface area (Å²) in [6.07, 6.45) is 5.01. The smallest absolute Gasteiger partial charge is 0.219 e. The molecule has 4 N–H and O–H groups in total. The van der Waals surface area contributed by atoms with E-state index >= 15 is 0 Å². The Labute approximate surface area is 161 Å². The molecule has 0 fully saturated rings. The maximum atomic E-state index is 11.3. The van der Waals surface area contributed by atoms with Crippen molar-refractivity contribution < 1.29 is 19.1 Å². The Kier molecular flexibility index (Phi) is 10.6. The summed E-state index contributed by atoms with van der Waals surface area (Å²) in [4.78, 5) is 33.4. The van der Waals surface area contributed by atoms with Crippen LogP contribution in [-0.2, 0) is 20.8 Å². The predicted molar refractivity (Wildman–Crippen MR) is 104 cm³/mol. The van der Waals surface area contributed by atoms with Gasteiger partial charge in [-0.2, -0.15) is 0 Å². The second-order valence-corrected chi connectivity index (χ2v) is 6.59. The van der Waals surface area contributed by atoms with Gasteiger partial charge >= 0.3 is 0 Å². The van der Waals surface area contributed by atoms with E-state index in [2.05, 4.69) is 10.6 Å². The molecule has 1 atom stereocenters. The zero-order valence-corrected chi connectivity index (χ0v) is 16.3. The lowest BCUT2D eigenvalue weighted by molar-refractivity contribution is -0.121. The molecule has 0 aliphatic heterocycles. The fourth-order valence-corrected chi connectivity index (χ4v) is 2.71. The molecule has 1 aromatic rings. The topological polar surface area (TPSA) is 111 Å². The van der Waals surface area contributed by atoms with Crippen LogP contribution in [0.2, 0.25) is 0 Å². The van der Waals surface area contributed by atoms with Crippen molar-refractivity contribution in [2.45, 2.75) is 57.9 Å². The number of amides is 3. The molecule has 0 saturated heterocycles. The molecule has 3 amide bonds. The highest BCUT2D eigenvalue weighted by Crippen LogP contribution is 2.16. The normalized spacial score (nSPS) is 11.5. The van der Waals surface area contributed by atoms with Gasteiger partial charge in [0.15, 0.2) is 0 Å². The van der Waals surface area contributed by atoms with Crippen molar-refractivity contribution in [3.63, 3.8) is 0 Å². The number of carbonyl (C=O) groups excluding carboxylic acids is 3. The Balaban J connectivity index is 2.43. The van der Waals surface area contributed by atoms with Crippen LogP contribution in [0.25, 0.3) is 0 Å². The molecule has 1 aromatic carbocycles. The van der Waals surface area contributed by atoms with Crippen LogP contribution in [-0.4, -0.2) is 37.4 Å². The summed E-state index contributed by atoms with van der Waals surface area (Å²) in [5, 5.41) is 5.40. The van der Waals surface area contributed by atoms with Gasteiger partial charge in [0.25, 0.3) is 0 Å². The van der Waals surface area contributed by atoms with Crippen molar-refractivity contribution in [3.05, 3.63) is 29.8 Å².